The maximum atomic E-state index is 12.7. The maximum absolute atomic E-state index is 12.7. The molecule has 0 aliphatic carbocycles. The van der Waals surface area contributed by atoms with Gasteiger partial charge in [-0.25, -0.2) is 8.42 Å². The second kappa shape index (κ2) is 6.52. The Labute approximate surface area is 153 Å². The largest absolute Gasteiger partial charge is 0.339 e. The van der Waals surface area contributed by atoms with Gasteiger partial charge in [-0.05, 0) is 18.2 Å². The minimum absolute atomic E-state index is 0.117. The molecule has 1 saturated heterocycles. The zero-order valence-corrected chi connectivity index (χ0v) is 14.6. The summed E-state index contributed by atoms with van der Waals surface area (Å²) in [6.45, 7) is 0.235. The number of hydrogen-bond acceptors (Lipinski definition) is 8. The Kier molecular flexibility index (Phi) is 4.16. The number of hydrogen-bond donors (Lipinski definition) is 0. The summed E-state index contributed by atoms with van der Waals surface area (Å²) in [6, 6.07) is 8.75. The number of aromatic nitrogens is 3. The van der Waals surface area contributed by atoms with Crippen molar-refractivity contribution < 1.29 is 17.9 Å². The normalized spacial score (nSPS) is 15.4. The van der Waals surface area contributed by atoms with Crippen LogP contribution in [0.2, 0.25) is 0 Å². The van der Waals surface area contributed by atoms with E-state index < -0.39 is 20.6 Å². The van der Waals surface area contributed by atoms with Crippen LogP contribution in [0.5, 0.6) is 0 Å². The predicted octanol–water partition coefficient (Wildman–Crippen LogP) is 1.83. The topological polar surface area (TPSA) is 132 Å². The molecule has 0 spiro atoms. The molecule has 4 rings (SSSR count). The van der Waals surface area contributed by atoms with E-state index in [0.717, 1.165) is 9.87 Å². The van der Waals surface area contributed by atoms with Crippen LogP contribution in [0.4, 0.5) is 5.69 Å². The molecular weight excluding hydrogens is 374 g/mol. The van der Waals surface area contributed by atoms with Crippen LogP contribution in [-0.2, 0) is 10.0 Å². The first kappa shape index (κ1) is 17.2. The SMILES string of the molecule is O=[N+]([O-])c1ccccc1S(=O)(=O)N1CC(c2nc(-c3ccncc3)no2)C1. The molecule has 0 radical (unpaired) electrons. The Bertz CT molecular complexity index is 1090. The summed E-state index contributed by atoms with van der Waals surface area (Å²) in [5.74, 6) is 0.467. The quantitative estimate of drug-likeness (QED) is 0.478. The smallest absolute Gasteiger partial charge is 0.289 e. The number of nitro benzene ring substituents is 1. The molecule has 0 N–H and O–H groups in total. The van der Waals surface area contributed by atoms with Crippen molar-refractivity contribution in [2.75, 3.05) is 13.1 Å². The molecule has 11 heteroatoms. The van der Waals surface area contributed by atoms with E-state index >= 15 is 0 Å². The van der Waals surface area contributed by atoms with Crippen LogP contribution >= 0.6 is 0 Å². The number of sulfonamides is 1. The fourth-order valence-corrected chi connectivity index (χ4v) is 4.46. The van der Waals surface area contributed by atoms with Crippen molar-refractivity contribution in [3.8, 4) is 11.4 Å². The van der Waals surface area contributed by atoms with Crippen LogP contribution in [0.15, 0.2) is 58.2 Å². The lowest BCUT2D eigenvalue weighted by molar-refractivity contribution is -0.387. The highest BCUT2D eigenvalue weighted by Gasteiger charge is 2.42. The number of pyridine rings is 1. The molecule has 0 saturated carbocycles. The fraction of sp³-hybridized carbons (Fsp3) is 0.188. The predicted molar refractivity (Wildman–Crippen MR) is 92.1 cm³/mol. The average molecular weight is 387 g/mol. The molecule has 1 fully saturated rings. The zero-order chi connectivity index (χ0) is 19.0. The third kappa shape index (κ3) is 3.06. The van der Waals surface area contributed by atoms with Gasteiger partial charge < -0.3 is 4.52 Å². The molecule has 1 aliphatic heterocycles. The highest BCUT2D eigenvalue weighted by molar-refractivity contribution is 7.89. The van der Waals surface area contributed by atoms with Gasteiger partial charge in [-0.1, -0.05) is 17.3 Å². The molecule has 3 heterocycles. The molecule has 1 aliphatic rings. The van der Waals surface area contributed by atoms with E-state index in [9.17, 15) is 18.5 Å². The highest BCUT2D eigenvalue weighted by Crippen LogP contribution is 2.34. The molecule has 0 unspecified atom stereocenters. The Morgan fingerprint density at radius 2 is 1.85 bits per heavy atom. The van der Waals surface area contributed by atoms with E-state index in [1.54, 1.807) is 24.5 Å². The second-order valence-electron chi connectivity index (χ2n) is 5.94. The molecule has 0 amide bonds. The summed E-state index contributed by atoms with van der Waals surface area (Å²) in [5.41, 5.74) is 0.294. The van der Waals surface area contributed by atoms with E-state index in [0.29, 0.717) is 11.7 Å². The summed E-state index contributed by atoms with van der Waals surface area (Å²) in [4.78, 5) is 18.3. The van der Waals surface area contributed by atoms with Gasteiger partial charge in [-0.15, -0.1) is 0 Å². The van der Waals surface area contributed by atoms with Crippen molar-refractivity contribution in [1.82, 2.24) is 19.4 Å². The third-order valence-corrected chi connectivity index (χ3v) is 6.14. The Morgan fingerprint density at radius 1 is 1.15 bits per heavy atom. The Balaban J connectivity index is 1.51. The Hall–Kier alpha value is -3.18. The van der Waals surface area contributed by atoms with Crippen molar-refractivity contribution in [2.45, 2.75) is 10.8 Å². The van der Waals surface area contributed by atoms with Gasteiger partial charge in [0.05, 0.1) is 10.8 Å². The van der Waals surface area contributed by atoms with Gasteiger partial charge in [0.25, 0.3) is 5.69 Å². The van der Waals surface area contributed by atoms with Crippen molar-refractivity contribution >= 4 is 15.7 Å². The fourth-order valence-electron chi connectivity index (χ4n) is 2.78. The monoisotopic (exact) mass is 387 g/mol. The molecule has 138 valence electrons. The molecule has 2 aromatic heterocycles. The van der Waals surface area contributed by atoms with E-state index in [2.05, 4.69) is 15.1 Å². The number of para-hydroxylation sites is 1. The first-order valence-electron chi connectivity index (χ1n) is 7.94. The molecule has 10 nitrogen and oxygen atoms in total. The lowest BCUT2D eigenvalue weighted by Crippen LogP contribution is -2.48. The minimum atomic E-state index is -3.97. The summed E-state index contributed by atoms with van der Waals surface area (Å²) < 4.78 is 31.8. The first-order valence-corrected chi connectivity index (χ1v) is 9.38. The standard InChI is InChI=1S/C16H13N5O5S/c22-21(23)13-3-1-2-4-14(13)27(24,25)20-9-12(10-20)16-18-15(19-26-16)11-5-7-17-8-6-11/h1-8,12H,9-10H2. The van der Waals surface area contributed by atoms with Crippen molar-refractivity contribution in [1.29, 1.82) is 0 Å². The summed E-state index contributed by atoms with van der Waals surface area (Å²) >= 11 is 0. The number of nitrogens with zero attached hydrogens (tertiary/aromatic N) is 5. The van der Waals surface area contributed by atoms with E-state index in [-0.39, 0.29) is 23.9 Å². The van der Waals surface area contributed by atoms with Gasteiger partial charge in [0, 0.05) is 37.1 Å². The van der Waals surface area contributed by atoms with Crippen molar-refractivity contribution in [3.63, 3.8) is 0 Å². The molecule has 1 aromatic carbocycles. The van der Waals surface area contributed by atoms with E-state index in [1.807, 2.05) is 0 Å². The van der Waals surface area contributed by atoms with Crippen LogP contribution in [0, 0.1) is 10.1 Å². The van der Waals surface area contributed by atoms with E-state index in [4.69, 9.17) is 4.52 Å². The van der Waals surface area contributed by atoms with Crippen LogP contribution in [0.3, 0.4) is 0 Å². The maximum Gasteiger partial charge on any atom is 0.289 e. The Morgan fingerprint density at radius 3 is 2.56 bits per heavy atom. The summed E-state index contributed by atoms with van der Waals surface area (Å²) in [6.07, 6.45) is 3.21. The molecular formula is C16H13N5O5S. The lowest BCUT2D eigenvalue weighted by atomic mass is 10.0. The van der Waals surface area contributed by atoms with Gasteiger partial charge in [-0.3, -0.25) is 15.1 Å². The van der Waals surface area contributed by atoms with Crippen LogP contribution < -0.4 is 0 Å². The van der Waals surface area contributed by atoms with Gasteiger partial charge in [0.2, 0.25) is 21.7 Å². The van der Waals surface area contributed by atoms with Crippen LogP contribution in [0.1, 0.15) is 11.8 Å². The van der Waals surface area contributed by atoms with Gasteiger partial charge >= 0.3 is 0 Å². The summed E-state index contributed by atoms with van der Waals surface area (Å²) in [7, 11) is -3.97. The second-order valence-corrected chi connectivity index (χ2v) is 7.84. The van der Waals surface area contributed by atoms with E-state index in [1.165, 1.54) is 24.3 Å². The van der Waals surface area contributed by atoms with Crippen LogP contribution in [0.25, 0.3) is 11.4 Å². The number of benzene rings is 1. The molecule has 0 bridgehead atoms. The molecule has 3 aromatic rings. The van der Waals surface area contributed by atoms with Crippen molar-refractivity contribution in [2.24, 2.45) is 0 Å². The van der Waals surface area contributed by atoms with Gasteiger partial charge in [0.15, 0.2) is 4.90 Å². The zero-order valence-electron chi connectivity index (χ0n) is 13.8. The van der Waals surface area contributed by atoms with Gasteiger partial charge in [-0.2, -0.15) is 9.29 Å². The number of nitro groups is 1. The average Bonchev–Trinajstić information content (AvgIpc) is 3.10. The van der Waals surface area contributed by atoms with Crippen LogP contribution in [-0.4, -0.2) is 45.9 Å². The number of rotatable bonds is 5. The van der Waals surface area contributed by atoms with Gasteiger partial charge in [0.1, 0.15) is 0 Å². The third-order valence-electron chi connectivity index (χ3n) is 4.26. The molecule has 0 atom stereocenters. The van der Waals surface area contributed by atoms with Crippen molar-refractivity contribution in [3.05, 3.63) is 64.8 Å². The highest BCUT2D eigenvalue weighted by atomic mass is 32.2. The minimum Gasteiger partial charge on any atom is -0.339 e. The summed E-state index contributed by atoms with van der Waals surface area (Å²) in [5, 5.41) is 15.0. The first-order chi connectivity index (χ1) is 13.0. The molecule has 27 heavy (non-hydrogen) atoms. The lowest BCUT2D eigenvalue weighted by Gasteiger charge is -2.35.